The average Bonchev–Trinajstić information content (AvgIpc) is 2.74. The first-order valence-corrected chi connectivity index (χ1v) is 10.2. The van der Waals surface area contributed by atoms with Crippen molar-refractivity contribution in [2.75, 3.05) is 22.8 Å². The van der Waals surface area contributed by atoms with E-state index >= 15 is 0 Å². The summed E-state index contributed by atoms with van der Waals surface area (Å²) in [7, 11) is -4.38. The first-order chi connectivity index (χ1) is 13.5. The quantitative estimate of drug-likeness (QED) is 0.746. The number of hydrogen-bond acceptors (Lipinski definition) is 4. The van der Waals surface area contributed by atoms with Crippen LogP contribution in [0.25, 0.3) is 0 Å². The zero-order valence-electron chi connectivity index (χ0n) is 15.9. The Balaban J connectivity index is 1.99. The van der Waals surface area contributed by atoms with Crippen LogP contribution < -0.4 is 14.4 Å². The summed E-state index contributed by atoms with van der Waals surface area (Å²) in [6.07, 6.45) is 1.58. The predicted molar refractivity (Wildman–Crippen MR) is 105 cm³/mol. The van der Waals surface area contributed by atoms with Crippen LogP contribution in [0.2, 0.25) is 0 Å². The molecule has 0 spiro atoms. The molecule has 6 nitrogen and oxygen atoms in total. The molecule has 9 heteroatoms. The highest BCUT2D eigenvalue weighted by molar-refractivity contribution is 7.92. The summed E-state index contributed by atoms with van der Waals surface area (Å²) >= 11 is 0. The lowest BCUT2D eigenvalue weighted by atomic mass is 9.93. The number of carbonyl (C=O) groups excluding carboxylic acids is 1. The van der Waals surface area contributed by atoms with Crippen molar-refractivity contribution < 1.29 is 26.7 Å². The van der Waals surface area contributed by atoms with Gasteiger partial charge in [0.1, 0.15) is 28.9 Å². The molecule has 2 aromatic rings. The Hall–Kier alpha value is -2.94. The minimum absolute atomic E-state index is 0.0816. The van der Waals surface area contributed by atoms with Crippen molar-refractivity contribution in [2.45, 2.75) is 18.7 Å². The van der Waals surface area contributed by atoms with Crippen molar-refractivity contribution in [2.24, 2.45) is 5.41 Å². The van der Waals surface area contributed by atoms with E-state index in [1.807, 2.05) is 0 Å². The first-order valence-electron chi connectivity index (χ1n) is 8.73. The molecule has 154 valence electrons. The van der Waals surface area contributed by atoms with Crippen LogP contribution in [0.3, 0.4) is 0 Å². The molecule has 1 aliphatic rings. The molecule has 29 heavy (non-hydrogen) atoms. The third kappa shape index (κ3) is 4.09. The number of ether oxygens (including phenoxy) is 1. The number of halogens is 2. The van der Waals surface area contributed by atoms with E-state index in [1.54, 1.807) is 19.9 Å². The zero-order valence-corrected chi connectivity index (χ0v) is 16.7. The molecule has 0 atom stereocenters. The van der Waals surface area contributed by atoms with Gasteiger partial charge in [0.05, 0.1) is 16.8 Å². The molecule has 1 aliphatic heterocycles. The molecule has 2 aromatic carbocycles. The molecule has 1 amide bonds. The van der Waals surface area contributed by atoms with Crippen LogP contribution in [0.5, 0.6) is 5.75 Å². The summed E-state index contributed by atoms with van der Waals surface area (Å²) in [6.45, 7) is 7.48. The Labute approximate surface area is 167 Å². The smallest absolute Gasteiger partial charge is 0.264 e. The maximum Gasteiger partial charge on any atom is 0.264 e. The molecule has 0 bridgehead atoms. The lowest BCUT2D eigenvalue weighted by molar-refractivity contribution is -0.127. The Morgan fingerprint density at radius 3 is 2.66 bits per heavy atom. The van der Waals surface area contributed by atoms with E-state index in [4.69, 9.17) is 4.74 Å². The van der Waals surface area contributed by atoms with E-state index < -0.39 is 32.0 Å². The molecule has 1 N–H and O–H groups in total. The number of nitrogens with one attached hydrogen (secondary N) is 1. The van der Waals surface area contributed by atoms with Crippen molar-refractivity contribution in [3.05, 3.63) is 60.7 Å². The zero-order chi connectivity index (χ0) is 21.4. The van der Waals surface area contributed by atoms with Crippen LogP contribution in [0.15, 0.2) is 53.9 Å². The van der Waals surface area contributed by atoms with Gasteiger partial charge >= 0.3 is 0 Å². The molecule has 0 aliphatic carbocycles. The van der Waals surface area contributed by atoms with E-state index in [1.165, 1.54) is 23.1 Å². The molecule has 0 fully saturated rings. The molecule has 3 rings (SSSR count). The summed E-state index contributed by atoms with van der Waals surface area (Å²) in [6, 6.07) is 6.51. The van der Waals surface area contributed by atoms with Crippen molar-refractivity contribution >= 4 is 27.3 Å². The van der Waals surface area contributed by atoms with Crippen LogP contribution in [0.1, 0.15) is 13.8 Å². The van der Waals surface area contributed by atoms with Crippen molar-refractivity contribution in [1.82, 2.24) is 0 Å². The second kappa shape index (κ2) is 7.47. The largest absolute Gasteiger partial charge is 0.490 e. The molecule has 0 aromatic heterocycles. The molecular formula is C20H20F2N2O4S. The van der Waals surface area contributed by atoms with Crippen LogP contribution in [0.4, 0.5) is 20.2 Å². The SMILES string of the molecule is C=CCN1C(=O)C(C)(C)COc2cc(NS(=O)(=O)c3cc(F)ccc3F)ccc21. The second-order valence-electron chi connectivity index (χ2n) is 7.24. The van der Waals surface area contributed by atoms with E-state index in [0.29, 0.717) is 11.8 Å². The van der Waals surface area contributed by atoms with Crippen LogP contribution in [-0.2, 0) is 14.8 Å². The van der Waals surface area contributed by atoms with E-state index in [0.717, 1.165) is 12.1 Å². The van der Waals surface area contributed by atoms with Crippen LogP contribution >= 0.6 is 0 Å². The highest BCUT2D eigenvalue weighted by Gasteiger charge is 2.37. The molecular weight excluding hydrogens is 402 g/mol. The molecule has 0 saturated heterocycles. The summed E-state index contributed by atoms with van der Waals surface area (Å²) in [4.78, 5) is 13.5. The van der Waals surface area contributed by atoms with Gasteiger partial charge in [-0.05, 0) is 44.2 Å². The van der Waals surface area contributed by atoms with Gasteiger partial charge in [0.2, 0.25) is 5.91 Å². The first kappa shape index (κ1) is 20.8. The number of rotatable bonds is 5. The van der Waals surface area contributed by atoms with Gasteiger partial charge in [-0.2, -0.15) is 0 Å². The van der Waals surface area contributed by atoms with Gasteiger partial charge in [-0.25, -0.2) is 17.2 Å². The number of carbonyl (C=O) groups is 1. The maximum absolute atomic E-state index is 13.9. The van der Waals surface area contributed by atoms with Gasteiger partial charge < -0.3 is 9.64 Å². The predicted octanol–water partition coefficient (Wildman–Crippen LogP) is 3.70. The fourth-order valence-corrected chi connectivity index (χ4v) is 4.05. The number of fused-ring (bicyclic) bond motifs is 1. The summed E-state index contributed by atoms with van der Waals surface area (Å²) in [5, 5.41) is 0. The van der Waals surface area contributed by atoms with E-state index in [2.05, 4.69) is 11.3 Å². The molecule has 0 saturated carbocycles. The van der Waals surface area contributed by atoms with E-state index in [-0.39, 0.29) is 30.5 Å². The van der Waals surface area contributed by atoms with E-state index in [9.17, 15) is 22.0 Å². The third-order valence-electron chi connectivity index (χ3n) is 4.41. The summed E-state index contributed by atoms with van der Waals surface area (Å²) < 4.78 is 60.2. The summed E-state index contributed by atoms with van der Waals surface area (Å²) in [5.74, 6) is -1.83. The molecule has 0 radical (unpaired) electrons. The number of anilines is 2. The number of sulfonamides is 1. The normalized spacial score (nSPS) is 15.9. The van der Waals surface area contributed by atoms with Gasteiger partial charge in [-0.15, -0.1) is 6.58 Å². The summed E-state index contributed by atoms with van der Waals surface area (Å²) in [5.41, 5.74) is -0.259. The van der Waals surface area contributed by atoms with Gasteiger partial charge in [-0.3, -0.25) is 9.52 Å². The average molecular weight is 422 g/mol. The minimum atomic E-state index is -4.38. The van der Waals surface area contributed by atoms with Crippen molar-refractivity contribution in [1.29, 1.82) is 0 Å². The fourth-order valence-electron chi connectivity index (χ4n) is 2.91. The maximum atomic E-state index is 13.9. The standard InChI is InChI=1S/C20H20F2N2O4S/c1-4-9-24-16-8-6-14(11-17(16)28-12-20(2,3)19(24)25)23-29(26,27)18-10-13(21)5-7-15(18)22/h4-8,10-11,23H,1,9,12H2,2-3H3. The number of nitrogens with zero attached hydrogens (tertiary/aromatic N) is 1. The monoisotopic (exact) mass is 422 g/mol. The topological polar surface area (TPSA) is 75.7 Å². The third-order valence-corrected chi connectivity index (χ3v) is 5.81. The fraction of sp³-hybridized carbons (Fsp3) is 0.250. The Kier molecular flexibility index (Phi) is 5.36. The Morgan fingerprint density at radius 2 is 1.97 bits per heavy atom. The number of hydrogen-bond donors (Lipinski definition) is 1. The second-order valence-corrected chi connectivity index (χ2v) is 8.89. The van der Waals surface area contributed by atoms with Gasteiger partial charge in [0.25, 0.3) is 10.0 Å². The van der Waals surface area contributed by atoms with Gasteiger partial charge in [-0.1, -0.05) is 6.08 Å². The number of amides is 1. The lowest BCUT2D eigenvalue weighted by Crippen LogP contribution is -2.42. The minimum Gasteiger partial charge on any atom is -0.490 e. The Morgan fingerprint density at radius 1 is 1.24 bits per heavy atom. The van der Waals surface area contributed by atoms with Crippen LogP contribution in [0, 0.1) is 17.0 Å². The number of benzene rings is 2. The lowest BCUT2D eigenvalue weighted by Gasteiger charge is -2.27. The Bertz CT molecular complexity index is 1080. The highest BCUT2D eigenvalue weighted by atomic mass is 32.2. The molecule has 1 heterocycles. The van der Waals surface area contributed by atoms with Crippen LogP contribution in [-0.4, -0.2) is 27.5 Å². The molecule has 0 unspecified atom stereocenters. The highest BCUT2D eigenvalue weighted by Crippen LogP contribution is 2.38. The van der Waals surface area contributed by atoms with Crippen molar-refractivity contribution in [3.8, 4) is 5.75 Å². The van der Waals surface area contributed by atoms with Crippen molar-refractivity contribution in [3.63, 3.8) is 0 Å². The van der Waals surface area contributed by atoms with Gasteiger partial charge in [0.15, 0.2) is 0 Å². The van der Waals surface area contributed by atoms with Gasteiger partial charge in [0, 0.05) is 12.6 Å².